The second-order valence-corrected chi connectivity index (χ2v) is 8.63. The lowest BCUT2D eigenvalue weighted by atomic mass is 9.77. The minimum atomic E-state index is -0.522. The number of likely N-dealkylation sites (tertiary alicyclic amines) is 1. The number of carbonyl (C=O) groups excluding carboxylic acids is 3. The average molecular weight is 416 g/mol. The molecule has 0 N–H and O–H groups in total. The molecule has 1 aliphatic carbocycles. The van der Waals surface area contributed by atoms with Gasteiger partial charge in [-0.05, 0) is 37.8 Å². The Labute approximate surface area is 177 Å². The highest BCUT2D eigenvalue weighted by atomic mass is 19.1. The Hall–Kier alpha value is -2.44. The lowest BCUT2D eigenvalue weighted by Gasteiger charge is -2.39. The van der Waals surface area contributed by atoms with Gasteiger partial charge < -0.3 is 14.7 Å². The lowest BCUT2D eigenvalue weighted by Crippen LogP contribution is -2.54. The van der Waals surface area contributed by atoms with E-state index < -0.39 is 5.82 Å². The first-order valence-corrected chi connectivity index (χ1v) is 11.2. The van der Waals surface area contributed by atoms with Crippen molar-refractivity contribution in [1.82, 2.24) is 14.7 Å². The highest BCUT2D eigenvalue weighted by Gasteiger charge is 2.40. The molecule has 2 atom stereocenters. The minimum absolute atomic E-state index is 0.0465. The molecule has 0 spiro atoms. The van der Waals surface area contributed by atoms with Gasteiger partial charge in [0.15, 0.2) is 0 Å². The van der Waals surface area contributed by atoms with Crippen LogP contribution in [0.25, 0.3) is 0 Å². The number of carbonyl (C=O) groups is 3. The smallest absolute Gasteiger partial charge is 0.256 e. The van der Waals surface area contributed by atoms with E-state index in [9.17, 15) is 18.8 Å². The summed E-state index contributed by atoms with van der Waals surface area (Å²) in [6, 6.07) is 5.99. The summed E-state index contributed by atoms with van der Waals surface area (Å²) in [5.41, 5.74) is 0.0702. The van der Waals surface area contributed by atoms with Crippen LogP contribution in [0.5, 0.6) is 0 Å². The average Bonchev–Trinajstić information content (AvgIpc) is 3.33. The van der Waals surface area contributed by atoms with E-state index in [4.69, 9.17) is 0 Å². The number of halogens is 1. The molecule has 1 aromatic carbocycles. The van der Waals surface area contributed by atoms with Crippen LogP contribution in [0.15, 0.2) is 24.3 Å². The van der Waals surface area contributed by atoms with Crippen molar-refractivity contribution in [3.05, 3.63) is 35.6 Å². The fraction of sp³-hybridized carbons (Fsp3) is 0.609. The van der Waals surface area contributed by atoms with Crippen molar-refractivity contribution in [2.24, 2.45) is 11.8 Å². The molecule has 3 amide bonds. The van der Waals surface area contributed by atoms with Gasteiger partial charge in [0.2, 0.25) is 11.8 Å². The number of hydrogen-bond acceptors (Lipinski definition) is 3. The zero-order valence-corrected chi connectivity index (χ0v) is 17.4. The SMILES string of the molecule is O=C(c1ccccc1F)N1CCN(C(=O)C2CCCCC2C(=O)N2CCCC2)CC1. The highest BCUT2D eigenvalue weighted by molar-refractivity contribution is 5.94. The van der Waals surface area contributed by atoms with Crippen LogP contribution in [0.1, 0.15) is 48.9 Å². The molecule has 3 fully saturated rings. The van der Waals surface area contributed by atoms with Crippen molar-refractivity contribution < 1.29 is 18.8 Å². The van der Waals surface area contributed by atoms with Crippen molar-refractivity contribution in [2.75, 3.05) is 39.3 Å². The van der Waals surface area contributed by atoms with Crippen LogP contribution in [0.3, 0.4) is 0 Å². The van der Waals surface area contributed by atoms with Crippen molar-refractivity contribution in [3.8, 4) is 0 Å². The van der Waals surface area contributed by atoms with Gasteiger partial charge >= 0.3 is 0 Å². The zero-order valence-electron chi connectivity index (χ0n) is 17.4. The van der Waals surface area contributed by atoms with E-state index in [1.807, 2.05) is 4.90 Å². The molecule has 162 valence electrons. The molecular weight excluding hydrogens is 385 g/mol. The number of amides is 3. The van der Waals surface area contributed by atoms with Crippen LogP contribution in [0, 0.1) is 17.7 Å². The molecular formula is C23H30FN3O3. The maximum Gasteiger partial charge on any atom is 0.256 e. The standard InChI is InChI=1S/C23H30FN3O3/c24-20-10-4-3-9-19(20)23(30)27-15-13-26(14-16-27)22(29)18-8-2-1-7-17(18)21(28)25-11-5-6-12-25/h3-4,9-10,17-18H,1-2,5-8,11-16H2. The maximum absolute atomic E-state index is 13.9. The molecule has 2 unspecified atom stereocenters. The van der Waals surface area contributed by atoms with Crippen molar-refractivity contribution in [2.45, 2.75) is 38.5 Å². The van der Waals surface area contributed by atoms with Crippen LogP contribution in [-0.4, -0.2) is 71.7 Å². The fourth-order valence-corrected chi connectivity index (χ4v) is 5.06. The summed E-state index contributed by atoms with van der Waals surface area (Å²) in [5, 5.41) is 0. The van der Waals surface area contributed by atoms with Crippen LogP contribution in [0.4, 0.5) is 4.39 Å². The van der Waals surface area contributed by atoms with E-state index in [0.29, 0.717) is 26.2 Å². The third-order valence-corrected chi connectivity index (χ3v) is 6.80. The maximum atomic E-state index is 13.9. The predicted octanol–water partition coefficient (Wildman–Crippen LogP) is 2.54. The molecule has 0 bridgehead atoms. The van der Waals surface area contributed by atoms with E-state index in [1.54, 1.807) is 21.9 Å². The summed E-state index contributed by atoms with van der Waals surface area (Å²) in [4.78, 5) is 44.2. The minimum Gasteiger partial charge on any atom is -0.342 e. The van der Waals surface area contributed by atoms with Gasteiger partial charge in [0, 0.05) is 51.1 Å². The molecule has 6 nitrogen and oxygen atoms in total. The van der Waals surface area contributed by atoms with Crippen LogP contribution in [0.2, 0.25) is 0 Å². The molecule has 1 saturated carbocycles. The number of benzene rings is 1. The summed E-state index contributed by atoms with van der Waals surface area (Å²) in [7, 11) is 0. The molecule has 2 heterocycles. The molecule has 30 heavy (non-hydrogen) atoms. The second-order valence-electron chi connectivity index (χ2n) is 8.63. The summed E-state index contributed by atoms with van der Waals surface area (Å²) < 4.78 is 13.9. The fourth-order valence-electron chi connectivity index (χ4n) is 5.06. The second kappa shape index (κ2) is 9.14. The van der Waals surface area contributed by atoms with Crippen LogP contribution < -0.4 is 0 Å². The van der Waals surface area contributed by atoms with Gasteiger partial charge in [0.25, 0.3) is 5.91 Å². The Morgan fingerprint density at radius 1 is 0.700 bits per heavy atom. The quantitative estimate of drug-likeness (QED) is 0.762. The number of nitrogens with zero attached hydrogens (tertiary/aromatic N) is 3. The van der Waals surface area contributed by atoms with E-state index in [0.717, 1.165) is 51.6 Å². The predicted molar refractivity (Wildman–Crippen MR) is 110 cm³/mol. The van der Waals surface area contributed by atoms with Crippen molar-refractivity contribution in [1.29, 1.82) is 0 Å². The largest absolute Gasteiger partial charge is 0.342 e. The van der Waals surface area contributed by atoms with Gasteiger partial charge in [-0.15, -0.1) is 0 Å². The van der Waals surface area contributed by atoms with Gasteiger partial charge in [-0.1, -0.05) is 25.0 Å². The van der Waals surface area contributed by atoms with Gasteiger partial charge in [-0.2, -0.15) is 0 Å². The Bertz CT molecular complexity index is 801. The third kappa shape index (κ3) is 4.20. The Morgan fingerprint density at radius 2 is 1.20 bits per heavy atom. The van der Waals surface area contributed by atoms with Crippen LogP contribution in [-0.2, 0) is 9.59 Å². The van der Waals surface area contributed by atoms with Gasteiger partial charge in [0.05, 0.1) is 5.56 Å². The van der Waals surface area contributed by atoms with Crippen LogP contribution >= 0.6 is 0 Å². The third-order valence-electron chi connectivity index (χ3n) is 6.80. The molecule has 4 rings (SSSR count). The number of hydrogen-bond donors (Lipinski definition) is 0. The summed E-state index contributed by atoms with van der Waals surface area (Å²) >= 11 is 0. The molecule has 2 saturated heterocycles. The van der Waals surface area contributed by atoms with Crippen molar-refractivity contribution in [3.63, 3.8) is 0 Å². The van der Waals surface area contributed by atoms with E-state index in [2.05, 4.69) is 0 Å². The molecule has 2 aliphatic heterocycles. The first-order chi connectivity index (χ1) is 14.6. The number of rotatable bonds is 3. The van der Waals surface area contributed by atoms with E-state index in [1.165, 1.54) is 12.1 Å². The van der Waals surface area contributed by atoms with Crippen molar-refractivity contribution >= 4 is 17.7 Å². The summed E-state index contributed by atoms with van der Waals surface area (Å²) in [6.07, 6.45) is 5.63. The molecule has 0 aromatic heterocycles. The normalized spacial score (nSPS) is 24.8. The number of piperazine rings is 1. The summed E-state index contributed by atoms with van der Waals surface area (Å²) in [6.45, 7) is 3.26. The lowest BCUT2D eigenvalue weighted by molar-refractivity contribution is -0.148. The summed E-state index contributed by atoms with van der Waals surface area (Å²) in [5.74, 6) is -1.11. The molecule has 1 aromatic rings. The molecule has 0 radical (unpaired) electrons. The highest BCUT2D eigenvalue weighted by Crippen LogP contribution is 2.34. The zero-order chi connectivity index (χ0) is 21.1. The monoisotopic (exact) mass is 415 g/mol. The van der Waals surface area contributed by atoms with E-state index in [-0.39, 0.29) is 35.1 Å². The Balaban J connectivity index is 1.37. The first-order valence-electron chi connectivity index (χ1n) is 11.2. The van der Waals surface area contributed by atoms with Gasteiger partial charge in [-0.25, -0.2) is 4.39 Å². The molecule has 7 heteroatoms. The molecule has 3 aliphatic rings. The first kappa shape index (κ1) is 20.8. The van der Waals surface area contributed by atoms with Gasteiger partial charge in [0.1, 0.15) is 5.82 Å². The Morgan fingerprint density at radius 3 is 1.77 bits per heavy atom. The van der Waals surface area contributed by atoms with E-state index >= 15 is 0 Å². The Kier molecular flexibility index (Phi) is 6.35. The topological polar surface area (TPSA) is 60.9 Å². The van der Waals surface area contributed by atoms with Gasteiger partial charge in [-0.3, -0.25) is 14.4 Å².